The van der Waals surface area contributed by atoms with Gasteiger partial charge in [0.15, 0.2) is 0 Å². The van der Waals surface area contributed by atoms with Gasteiger partial charge in [-0.1, -0.05) is 12.2 Å². The highest BCUT2D eigenvalue weighted by atomic mass is 16.4. The Morgan fingerprint density at radius 2 is 2.23 bits per heavy atom. The van der Waals surface area contributed by atoms with E-state index < -0.39 is 5.97 Å². The van der Waals surface area contributed by atoms with Crippen molar-refractivity contribution in [3.8, 4) is 0 Å². The molecule has 0 radical (unpaired) electrons. The van der Waals surface area contributed by atoms with E-state index in [9.17, 15) is 9.59 Å². The summed E-state index contributed by atoms with van der Waals surface area (Å²) in [5.74, 6) is 0.221. The Morgan fingerprint density at radius 1 is 1.46 bits per heavy atom. The molecule has 3 heteroatoms. The highest BCUT2D eigenvalue weighted by Crippen LogP contribution is 2.42. The molecule has 1 fully saturated rings. The van der Waals surface area contributed by atoms with Crippen LogP contribution in [0.15, 0.2) is 12.2 Å². The number of carbonyl (C=O) groups excluding carboxylic acids is 1. The number of hydrogen-bond acceptors (Lipinski definition) is 2. The minimum atomic E-state index is -0.769. The lowest BCUT2D eigenvalue weighted by Crippen LogP contribution is -2.14. The van der Waals surface area contributed by atoms with Crippen LogP contribution in [0.1, 0.15) is 19.3 Å². The van der Waals surface area contributed by atoms with Crippen LogP contribution in [0.2, 0.25) is 0 Å². The number of rotatable bonds is 2. The first-order valence-electron chi connectivity index (χ1n) is 4.58. The number of Topliss-reactive ketones (excluding diaryl/α,β-unsaturated/α-hetero) is 1. The molecule has 70 valence electrons. The standard InChI is InChI=1S/C10H12O3/c11-8-3-6-1-2-7(4-10(12)13)9(6)5-8/h1-2,6-7,9H,3-5H2,(H,12,13). The second-order valence-electron chi connectivity index (χ2n) is 3.92. The molecular formula is C10H12O3. The van der Waals surface area contributed by atoms with Gasteiger partial charge < -0.3 is 5.11 Å². The van der Waals surface area contributed by atoms with Gasteiger partial charge in [0.1, 0.15) is 5.78 Å². The van der Waals surface area contributed by atoms with Gasteiger partial charge in [0.2, 0.25) is 0 Å². The van der Waals surface area contributed by atoms with Crippen molar-refractivity contribution in [2.75, 3.05) is 0 Å². The number of carbonyl (C=O) groups is 2. The molecule has 0 aromatic heterocycles. The van der Waals surface area contributed by atoms with Crippen molar-refractivity contribution in [1.82, 2.24) is 0 Å². The van der Waals surface area contributed by atoms with Crippen LogP contribution in [0.5, 0.6) is 0 Å². The van der Waals surface area contributed by atoms with E-state index in [1.807, 2.05) is 12.2 Å². The molecule has 0 spiro atoms. The van der Waals surface area contributed by atoms with Crippen molar-refractivity contribution in [2.45, 2.75) is 19.3 Å². The van der Waals surface area contributed by atoms with E-state index in [0.717, 1.165) is 0 Å². The molecule has 2 rings (SSSR count). The zero-order valence-electron chi connectivity index (χ0n) is 7.27. The van der Waals surface area contributed by atoms with Crippen molar-refractivity contribution >= 4 is 11.8 Å². The van der Waals surface area contributed by atoms with Crippen LogP contribution in [0.3, 0.4) is 0 Å². The fourth-order valence-corrected chi connectivity index (χ4v) is 2.44. The molecule has 3 nitrogen and oxygen atoms in total. The van der Waals surface area contributed by atoms with Crippen LogP contribution in [-0.2, 0) is 9.59 Å². The fourth-order valence-electron chi connectivity index (χ4n) is 2.44. The van der Waals surface area contributed by atoms with Gasteiger partial charge in [-0.3, -0.25) is 9.59 Å². The number of carboxylic acid groups (broad SMARTS) is 1. The van der Waals surface area contributed by atoms with Gasteiger partial charge in [-0.15, -0.1) is 0 Å². The molecule has 3 unspecified atom stereocenters. The number of ketones is 1. The number of allylic oxidation sites excluding steroid dienone is 2. The molecule has 0 amide bonds. The molecule has 2 aliphatic carbocycles. The molecule has 1 saturated carbocycles. The summed E-state index contributed by atoms with van der Waals surface area (Å²) in [6.07, 6.45) is 5.36. The lowest BCUT2D eigenvalue weighted by atomic mass is 9.89. The Bertz CT molecular complexity index is 280. The summed E-state index contributed by atoms with van der Waals surface area (Å²) in [4.78, 5) is 21.6. The fraction of sp³-hybridized carbons (Fsp3) is 0.600. The third kappa shape index (κ3) is 1.50. The largest absolute Gasteiger partial charge is 0.481 e. The van der Waals surface area contributed by atoms with Crippen molar-refractivity contribution in [1.29, 1.82) is 0 Å². The van der Waals surface area contributed by atoms with E-state index >= 15 is 0 Å². The van der Waals surface area contributed by atoms with Gasteiger partial charge in [0, 0.05) is 12.8 Å². The topological polar surface area (TPSA) is 54.4 Å². The van der Waals surface area contributed by atoms with E-state index in [4.69, 9.17) is 5.11 Å². The van der Waals surface area contributed by atoms with E-state index in [-0.39, 0.29) is 24.0 Å². The maximum Gasteiger partial charge on any atom is 0.303 e. The van der Waals surface area contributed by atoms with Crippen molar-refractivity contribution < 1.29 is 14.7 Å². The molecule has 3 atom stereocenters. The molecule has 0 aromatic rings. The van der Waals surface area contributed by atoms with Crippen LogP contribution in [0.25, 0.3) is 0 Å². The summed E-state index contributed by atoms with van der Waals surface area (Å²) in [6, 6.07) is 0. The Morgan fingerprint density at radius 3 is 2.92 bits per heavy atom. The third-order valence-corrected chi connectivity index (χ3v) is 3.04. The number of hydrogen-bond donors (Lipinski definition) is 1. The number of carboxylic acids is 1. The highest BCUT2D eigenvalue weighted by molar-refractivity contribution is 5.82. The van der Waals surface area contributed by atoms with Crippen LogP contribution < -0.4 is 0 Å². The minimum absolute atomic E-state index is 0.0916. The summed E-state index contributed by atoms with van der Waals surface area (Å²) in [6.45, 7) is 0. The van der Waals surface area contributed by atoms with Crippen molar-refractivity contribution in [3.63, 3.8) is 0 Å². The average molecular weight is 180 g/mol. The zero-order valence-corrected chi connectivity index (χ0v) is 7.27. The summed E-state index contributed by atoms with van der Waals surface area (Å²) < 4.78 is 0. The second kappa shape index (κ2) is 2.98. The predicted octanol–water partition coefficient (Wildman–Crippen LogP) is 1.24. The first-order chi connectivity index (χ1) is 6.16. The smallest absolute Gasteiger partial charge is 0.303 e. The molecule has 13 heavy (non-hydrogen) atoms. The summed E-state index contributed by atoms with van der Waals surface area (Å²) in [5, 5.41) is 8.64. The molecule has 2 aliphatic rings. The first kappa shape index (κ1) is 8.48. The van der Waals surface area contributed by atoms with Crippen LogP contribution in [0.4, 0.5) is 0 Å². The molecule has 1 N–H and O–H groups in total. The van der Waals surface area contributed by atoms with Crippen LogP contribution in [0, 0.1) is 17.8 Å². The molecule has 0 aromatic carbocycles. The van der Waals surface area contributed by atoms with Crippen LogP contribution >= 0.6 is 0 Å². The van der Waals surface area contributed by atoms with Crippen molar-refractivity contribution in [2.24, 2.45) is 17.8 Å². The van der Waals surface area contributed by atoms with Gasteiger partial charge in [0.25, 0.3) is 0 Å². The molecule has 0 aliphatic heterocycles. The lowest BCUT2D eigenvalue weighted by Gasteiger charge is -2.15. The predicted molar refractivity (Wildman–Crippen MR) is 46.1 cm³/mol. The Kier molecular flexibility index (Phi) is 1.94. The second-order valence-corrected chi connectivity index (χ2v) is 3.92. The summed E-state index contributed by atoms with van der Waals surface area (Å²) in [7, 11) is 0. The lowest BCUT2D eigenvalue weighted by molar-refractivity contribution is -0.138. The monoisotopic (exact) mass is 180 g/mol. The Hall–Kier alpha value is -1.12. The number of aliphatic carboxylic acids is 1. The number of fused-ring (bicyclic) bond motifs is 1. The van der Waals surface area contributed by atoms with E-state index in [1.165, 1.54) is 0 Å². The molecule has 0 bridgehead atoms. The SMILES string of the molecule is O=C(O)CC1C=CC2CC(=O)CC12. The zero-order chi connectivity index (χ0) is 9.42. The highest BCUT2D eigenvalue weighted by Gasteiger charge is 2.39. The summed E-state index contributed by atoms with van der Waals surface area (Å²) in [5.41, 5.74) is 0. The maximum absolute atomic E-state index is 11.1. The minimum Gasteiger partial charge on any atom is -0.481 e. The quantitative estimate of drug-likeness (QED) is 0.650. The van der Waals surface area contributed by atoms with E-state index in [2.05, 4.69) is 0 Å². The normalized spacial score (nSPS) is 36.6. The molecular weight excluding hydrogens is 168 g/mol. The van der Waals surface area contributed by atoms with Gasteiger partial charge in [0.05, 0.1) is 6.42 Å². The average Bonchev–Trinajstić information content (AvgIpc) is 2.51. The van der Waals surface area contributed by atoms with E-state index in [1.54, 1.807) is 0 Å². The van der Waals surface area contributed by atoms with Gasteiger partial charge >= 0.3 is 5.97 Å². The van der Waals surface area contributed by atoms with Crippen molar-refractivity contribution in [3.05, 3.63) is 12.2 Å². The Labute approximate surface area is 76.4 Å². The van der Waals surface area contributed by atoms with Gasteiger partial charge in [-0.05, 0) is 17.8 Å². The van der Waals surface area contributed by atoms with Gasteiger partial charge in [-0.2, -0.15) is 0 Å². The third-order valence-electron chi connectivity index (χ3n) is 3.04. The van der Waals surface area contributed by atoms with Gasteiger partial charge in [-0.25, -0.2) is 0 Å². The Balaban J connectivity index is 2.05. The van der Waals surface area contributed by atoms with Crippen LogP contribution in [-0.4, -0.2) is 16.9 Å². The van der Waals surface area contributed by atoms with E-state index in [0.29, 0.717) is 18.8 Å². The summed E-state index contributed by atoms with van der Waals surface area (Å²) >= 11 is 0. The molecule has 0 heterocycles. The first-order valence-corrected chi connectivity index (χ1v) is 4.58. The maximum atomic E-state index is 11.1. The molecule has 0 saturated heterocycles.